The second-order valence-electron chi connectivity index (χ2n) is 7.16. The first-order valence-electron chi connectivity index (χ1n) is 9.78. The molecule has 1 aromatic carbocycles. The number of amides is 3. The Hall–Kier alpha value is -2.96. The standard InChI is InChI=1S/C21H19Br2ClN6O4/c1-10(2)15-9-16(30(29-15)18-14(24)5-4-6-25-18)20(32)26-17-12(7-11(22)8-13(17)23)19(31)27-28-21(33)34-3/h4-10H,1-3H3,(H,26,32)(H,27,31)(H,28,33). The number of aromatic nitrogens is 3. The summed E-state index contributed by atoms with van der Waals surface area (Å²) >= 11 is 13.0. The fourth-order valence-electron chi connectivity index (χ4n) is 2.82. The summed E-state index contributed by atoms with van der Waals surface area (Å²) in [6.07, 6.45) is 0.687. The summed E-state index contributed by atoms with van der Waals surface area (Å²) in [4.78, 5) is 41.7. The highest BCUT2D eigenvalue weighted by Gasteiger charge is 2.24. The number of hydrogen-bond donors (Lipinski definition) is 3. The molecule has 0 radical (unpaired) electrons. The highest BCUT2D eigenvalue weighted by molar-refractivity contribution is 9.11. The number of carbonyl (C=O) groups excluding carboxylic acids is 3. The van der Waals surface area contributed by atoms with Gasteiger partial charge in [-0.25, -0.2) is 19.9 Å². The molecule has 3 rings (SSSR count). The minimum absolute atomic E-state index is 0.0282. The molecule has 0 fully saturated rings. The minimum atomic E-state index is -0.856. The lowest BCUT2D eigenvalue weighted by Crippen LogP contribution is -2.41. The van der Waals surface area contributed by atoms with Gasteiger partial charge < -0.3 is 10.1 Å². The number of ether oxygens (including phenoxy) is 1. The third-order valence-electron chi connectivity index (χ3n) is 4.49. The number of nitrogens with one attached hydrogen (secondary N) is 3. The zero-order chi connectivity index (χ0) is 25.0. The molecule has 13 heteroatoms. The smallest absolute Gasteiger partial charge is 0.425 e. The molecule has 0 spiro atoms. The second kappa shape index (κ2) is 11.0. The van der Waals surface area contributed by atoms with Crippen LogP contribution in [0.25, 0.3) is 5.82 Å². The molecule has 2 heterocycles. The van der Waals surface area contributed by atoms with Gasteiger partial charge >= 0.3 is 6.09 Å². The zero-order valence-corrected chi connectivity index (χ0v) is 22.1. The molecular formula is C21H19Br2ClN6O4. The predicted octanol–water partition coefficient (Wildman–Crippen LogP) is 4.82. The molecule has 3 N–H and O–H groups in total. The number of nitrogens with zero attached hydrogens (tertiary/aromatic N) is 3. The first-order chi connectivity index (χ1) is 16.1. The molecule has 10 nitrogen and oxygen atoms in total. The Morgan fingerprint density at radius 3 is 2.50 bits per heavy atom. The van der Waals surface area contributed by atoms with Gasteiger partial charge in [0.2, 0.25) is 0 Å². The fraction of sp³-hybridized carbons (Fsp3) is 0.190. The quantitative estimate of drug-likeness (QED) is 0.354. The third-order valence-corrected chi connectivity index (χ3v) is 5.87. The van der Waals surface area contributed by atoms with Crippen LogP contribution in [0.1, 0.15) is 46.3 Å². The van der Waals surface area contributed by atoms with Gasteiger partial charge in [-0.15, -0.1) is 0 Å². The number of pyridine rings is 1. The minimum Gasteiger partial charge on any atom is -0.452 e. The van der Waals surface area contributed by atoms with Gasteiger partial charge in [0.25, 0.3) is 11.8 Å². The SMILES string of the molecule is COC(=O)NNC(=O)c1cc(Br)cc(Br)c1NC(=O)c1cc(C(C)C)nn1-c1ncccc1Cl. The lowest BCUT2D eigenvalue weighted by molar-refractivity contribution is 0.0921. The average Bonchev–Trinajstić information content (AvgIpc) is 3.24. The molecule has 0 unspecified atom stereocenters. The van der Waals surface area contributed by atoms with E-state index in [2.05, 4.69) is 62.8 Å². The van der Waals surface area contributed by atoms with Crippen LogP contribution in [0.4, 0.5) is 10.5 Å². The third kappa shape index (κ3) is 5.75. The molecule has 2 aromatic heterocycles. The monoisotopic (exact) mass is 612 g/mol. The van der Waals surface area contributed by atoms with Crippen molar-refractivity contribution in [1.82, 2.24) is 25.6 Å². The summed E-state index contributed by atoms with van der Waals surface area (Å²) in [5.41, 5.74) is 5.37. The van der Waals surface area contributed by atoms with Gasteiger partial charge in [-0.2, -0.15) is 5.10 Å². The van der Waals surface area contributed by atoms with E-state index >= 15 is 0 Å². The number of rotatable bonds is 5. The van der Waals surface area contributed by atoms with Crippen LogP contribution < -0.4 is 16.2 Å². The maximum Gasteiger partial charge on any atom is 0.425 e. The summed E-state index contributed by atoms with van der Waals surface area (Å²) in [6.45, 7) is 3.88. The summed E-state index contributed by atoms with van der Waals surface area (Å²) < 4.78 is 6.79. The highest BCUT2D eigenvalue weighted by atomic mass is 79.9. The Kier molecular flexibility index (Phi) is 8.28. The summed E-state index contributed by atoms with van der Waals surface area (Å²) in [6, 6.07) is 8.10. The van der Waals surface area contributed by atoms with Crippen molar-refractivity contribution in [2.75, 3.05) is 12.4 Å². The average molecular weight is 615 g/mol. The van der Waals surface area contributed by atoms with Gasteiger partial charge in [0.1, 0.15) is 5.69 Å². The van der Waals surface area contributed by atoms with Crippen molar-refractivity contribution in [3.05, 3.63) is 67.4 Å². The van der Waals surface area contributed by atoms with E-state index in [0.29, 0.717) is 19.7 Å². The van der Waals surface area contributed by atoms with Crippen LogP contribution in [0.15, 0.2) is 45.5 Å². The predicted molar refractivity (Wildman–Crippen MR) is 133 cm³/mol. The van der Waals surface area contributed by atoms with Crippen molar-refractivity contribution in [2.45, 2.75) is 19.8 Å². The summed E-state index contributed by atoms with van der Waals surface area (Å²) in [5.74, 6) is -0.928. The number of hydrogen-bond acceptors (Lipinski definition) is 6. The van der Waals surface area contributed by atoms with Crippen molar-refractivity contribution < 1.29 is 19.1 Å². The van der Waals surface area contributed by atoms with Crippen LogP contribution in [0, 0.1) is 0 Å². The first kappa shape index (κ1) is 25.7. The number of benzene rings is 1. The summed E-state index contributed by atoms with van der Waals surface area (Å²) in [7, 11) is 1.16. The van der Waals surface area contributed by atoms with Gasteiger partial charge in [0.15, 0.2) is 5.82 Å². The molecule has 0 saturated carbocycles. The fourth-order valence-corrected chi connectivity index (χ4v) is 4.35. The van der Waals surface area contributed by atoms with E-state index in [1.54, 1.807) is 30.5 Å². The van der Waals surface area contributed by atoms with Gasteiger partial charge in [-0.3, -0.25) is 15.0 Å². The van der Waals surface area contributed by atoms with Gasteiger partial charge in [0, 0.05) is 15.1 Å². The van der Waals surface area contributed by atoms with Crippen LogP contribution >= 0.6 is 43.5 Å². The van der Waals surface area contributed by atoms with Crippen LogP contribution in [-0.4, -0.2) is 39.8 Å². The molecule has 0 saturated heterocycles. The topological polar surface area (TPSA) is 127 Å². The van der Waals surface area contributed by atoms with E-state index in [9.17, 15) is 14.4 Å². The highest BCUT2D eigenvalue weighted by Crippen LogP contribution is 2.32. The van der Waals surface area contributed by atoms with Crippen molar-refractivity contribution in [1.29, 1.82) is 0 Å². The number of hydrazine groups is 1. The Morgan fingerprint density at radius 1 is 1.12 bits per heavy atom. The molecule has 0 atom stereocenters. The Morgan fingerprint density at radius 2 is 1.85 bits per heavy atom. The molecular weight excluding hydrogens is 596 g/mol. The molecule has 0 aliphatic rings. The molecule has 0 aliphatic heterocycles. The lowest BCUT2D eigenvalue weighted by Gasteiger charge is -2.15. The molecule has 3 amide bonds. The Balaban J connectivity index is 2.01. The Labute approximate surface area is 216 Å². The van der Waals surface area contributed by atoms with Crippen molar-refractivity contribution in [3.8, 4) is 5.82 Å². The Bertz CT molecular complexity index is 1260. The van der Waals surface area contributed by atoms with E-state index in [1.807, 2.05) is 13.8 Å². The van der Waals surface area contributed by atoms with Crippen LogP contribution in [0.5, 0.6) is 0 Å². The van der Waals surface area contributed by atoms with Crippen LogP contribution in [-0.2, 0) is 4.74 Å². The second-order valence-corrected chi connectivity index (χ2v) is 9.34. The maximum atomic E-state index is 13.4. The van der Waals surface area contributed by atoms with E-state index < -0.39 is 17.9 Å². The van der Waals surface area contributed by atoms with Crippen LogP contribution in [0.3, 0.4) is 0 Å². The lowest BCUT2D eigenvalue weighted by atomic mass is 10.1. The maximum absolute atomic E-state index is 13.4. The first-order valence-corrected chi connectivity index (χ1v) is 11.7. The van der Waals surface area contributed by atoms with E-state index in [-0.39, 0.29) is 28.7 Å². The molecule has 3 aromatic rings. The van der Waals surface area contributed by atoms with Crippen molar-refractivity contribution >= 4 is 67.1 Å². The van der Waals surface area contributed by atoms with E-state index in [0.717, 1.165) is 7.11 Å². The molecule has 178 valence electrons. The molecule has 34 heavy (non-hydrogen) atoms. The van der Waals surface area contributed by atoms with E-state index in [1.165, 1.54) is 10.7 Å². The molecule has 0 aliphatic carbocycles. The number of anilines is 1. The summed E-state index contributed by atoms with van der Waals surface area (Å²) in [5, 5.41) is 7.56. The van der Waals surface area contributed by atoms with Gasteiger partial charge in [-0.1, -0.05) is 41.4 Å². The van der Waals surface area contributed by atoms with Crippen molar-refractivity contribution in [2.24, 2.45) is 0 Å². The van der Waals surface area contributed by atoms with Crippen LogP contribution in [0.2, 0.25) is 5.02 Å². The van der Waals surface area contributed by atoms with E-state index in [4.69, 9.17) is 11.6 Å². The molecule has 0 bridgehead atoms. The number of methoxy groups -OCH3 is 1. The normalized spacial score (nSPS) is 10.7. The largest absolute Gasteiger partial charge is 0.452 e. The zero-order valence-electron chi connectivity index (χ0n) is 18.1. The number of halogens is 3. The van der Waals surface area contributed by atoms with Gasteiger partial charge in [0.05, 0.1) is 29.1 Å². The number of carbonyl (C=O) groups is 3. The van der Waals surface area contributed by atoms with Gasteiger partial charge in [-0.05, 0) is 52.2 Å². The van der Waals surface area contributed by atoms with Crippen molar-refractivity contribution in [3.63, 3.8) is 0 Å².